The maximum absolute atomic E-state index is 12.2. The van der Waals surface area contributed by atoms with Gasteiger partial charge in [0.25, 0.3) is 5.91 Å². The molecule has 2 N–H and O–H groups in total. The number of amides is 1. The molecule has 2 heterocycles. The van der Waals surface area contributed by atoms with Crippen molar-refractivity contribution in [1.82, 2.24) is 9.55 Å². The molecule has 110 valence electrons. The van der Waals surface area contributed by atoms with Crippen molar-refractivity contribution >= 4 is 29.2 Å². The topological polar surface area (TPSA) is 84.2 Å². The highest BCUT2D eigenvalue weighted by Gasteiger charge is 2.13. The Labute approximate surface area is 126 Å². The Morgan fingerprint density at radius 2 is 2.19 bits per heavy atom. The second kappa shape index (κ2) is 6.41. The van der Waals surface area contributed by atoms with Gasteiger partial charge in [-0.3, -0.25) is 4.79 Å². The summed E-state index contributed by atoms with van der Waals surface area (Å²) in [7, 11) is 0. The quantitative estimate of drug-likeness (QED) is 0.889. The lowest BCUT2D eigenvalue weighted by molar-refractivity contribution is 0.0690. The van der Waals surface area contributed by atoms with Crippen LogP contribution in [0.4, 0.5) is 5.69 Å². The van der Waals surface area contributed by atoms with Gasteiger partial charge in [0, 0.05) is 12.7 Å². The maximum atomic E-state index is 12.2. The van der Waals surface area contributed by atoms with E-state index < -0.39 is 5.97 Å². The molecule has 0 bridgehead atoms. The highest BCUT2D eigenvalue weighted by atomic mass is 35.5. The van der Waals surface area contributed by atoms with Crippen molar-refractivity contribution in [2.24, 2.45) is 0 Å². The van der Waals surface area contributed by atoms with E-state index in [1.165, 1.54) is 18.3 Å². The molecule has 6 nitrogen and oxygen atoms in total. The first-order chi connectivity index (χ1) is 10.0. The van der Waals surface area contributed by atoms with Gasteiger partial charge in [0.05, 0.1) is 16.9 Å². The Hall–Kier alpha value is -2.34. The van der Waals surface area contributed by atoms with Crippen LogP contribution in [0.1, 0.15) is 34.3 Å². The number of hydrogen-bond acceptors (Lipinski definition) is 3. The van der Waals surface area contributed by atoms with Crippen molar-refractivity contribution in [1.29, 1.82) is 0 Å². The van der Waals surface area contributed by atoms with Crippen LogP contribution in [0.5, 0.6) is 0 Å². The van der Waals surface area contributed by atoms with Gasteiger partial charge in [-0.1, -0.05) is 18.5 Å². The number of anilines is 1. The minimum Gasteiger partial charge on any atom is -0.477 e. The van der Waals surface area contributed by atoms with Gasteiger partial charge < -0.3 is 15.0 Å². The van der Waals surface area contributed by atoms with Crippen LogP contribution in [0.2, 0.25) is 5.02 Å². The summed E-state index contributed by atoms with van der Waals surface area (Å²) in [5, 5.41) is 11.9. The Balaban J connectivity index is 2.15. The monoisotopic (exact) mass is 307 g/mol. The second-order valence-electron chi connectivity index (χ2n) is 4.43. The molecule has 2 rings (SSSR count). The number of nitrogens with zero attached hydrogens (tertiary/aromatic N) is 2. The second-order valence-corrected chi connectivity index (χ2v) is 4.86. The summed E-state index contributed by atoms with van der Waals surface area (Å²) in [6.45, 7) is 2.69. The molecule has 0 fully saturated rings. The lowest BCUT2D eigenvalue weighted by Crippen LogP contribution is -2.17. The van der Waals surface area contributed by atoms with E-state index >= 15 is 0 Å². The van der Waals surface area contributed by atoms with E-state index in [9.17, 15) is 9.59 Å². The summed E-state index contributed by atoms with van der Waals surface area (Å²) < 4.78 is 1.77. The number of halogens is 1. The molecule has 0 saturated heterocycles. The van der Waals surface area contributed by atoms with E-state index in [0.29, 0.717) is 22.9 Å². The fourth-order valence-corrected chi connectivity index (χ4v) is 2.10. The first-order valence-electron chi connectivity index (χ1n) is 6.37. The first kappa shape index (κ1) is 15.1. The Kier molecular flexibility index (Phi) is 4.59. The highest BCUT2D eigenvalue weighted by Crippen LogP contribution is 2.16. The summed E-state index contributed by atoms with van der Waals surface area (Å²) in [6, 6.07) is 4.41. The zero-order valence-electron chi connectivity index (χ0n) is 11.3. The maximum Gasteiger partial charge on any atom is 0.354 e. The van der Waals surface area contributed by atoms with Crippen LogP contribution in [0.25, 0.3) is 0 Å². The number of hydrogen-bond donors (Lipinski definition) is 2. The van der Waals surface area contributed by atoms with Gasteiger partial charge in [0.15, 0.2) is 0 Å². The third kappa shape index (κ3) is 3.61. The van der Waals surface area contributed by atoms with Crippen LogP contribution < -0.4 is 5.32 Å². The van der Waals surface area contributed by atoms with Crippen LogP contribution in [-0.2, 0) is 6.54 Å². The molecule has 2 aromatic heterocycles. The van der Waals surface area contributed by atoms with Crippen molar-refractivity contribution in [3.8, 4) is 0 Å². The highest BCUT2D eigenvalue weighted by molar-refractivity contribution is 6.31. The Bertz CT molecular complexity index is 665. The number of aromatic carboxylic acids is 1. The average molecular weight is 308 g/mol. The van der Waals surface area contributed by atoms with Crippen LogP contribution in [-0.4, -0.2) is 26.5 Å². The molecule has 7 heteroatoms. The SMILES string of the molecule is CCCn1cc(Cl)cc1C(=O)Nc1ccc(C(=O)O)nc1. The van der Waals surface area contributed by atoms with Crippen LogP contribution >= 0.6 is 11.6 Å². The summed E-state index contributed by atoms with van der Waals surface area (Å²) in [5.41, 5.74) is 0.792. The lowest BCUT2D eigenvalue weighted by Gasteiger charge is -2.08. The third-order valence-corrected chi connectivity index (χ3v) is 3.01. The normalized spacial score (nSPS) is 10.4. The minimum absolute atomic E-state index is 0.0783. The van der Waals surface area contributed by atoms with Crippen molar-refractivity contribution < 1.29 is 14.7 Å². The number of aromatic nitrogens is 2. The molecule has 0 aliphatic rings. The van der Waals surface area contributed by atoms with Gasteiger partial charge in [0.1, 0.15) is 11.4 Å². The molecule has 0 atom stereocenters. The van der Waals surface area contributed by atoms with E-state index in [0.717, 1.165) is 6.42 Å². The fourth-order valence-electron chi connectivity index (χ4n) is 1.88. The minimum atomic E-state index is -1.11. The predicted octanol–water partition coefficient (Wildman–Crippen LogP) is 2.90. The molecule has 0 aromatic carbocycles. The molecule has 1 amide bonds. The average Bonchev–Trinajstić information content (AvgIpc) is 2.81. The predicted molar refractivity (Wildman–Crippen MR) is 78.9 cm³/mol. The molecule has 0 radical (unpaired) electrons. The van der Waals surface area contributed by atoms with Crippen molar-refractivity contribution in [2.75, 3.05) is 5.32 Å². The number of aryl methyl sites for hydroxylation is 1. The molecular weight excluding hydrogens is 294 g/mol. The zero-order chi connectivity index (χ0) is 15.4. The van der Waals surface area contributed by atoms with Gasteiger partial charge in [-0.25, -0.2) is 9.78 Å². The summed E-state index contributed by atoms with van der Waals surface area (Å²) in [6.07, 6.45) is 3.88. The molecule has 0 aliphatic heterocycles. The van der Waals surface area contributed by atoms with Gasteiger partial charge >= 0.3 is 5.97 Å². The Morgan fingerprint density at radius 1 is 1.43 bits per heavy atom. The number of nitrogens with one attached hydrogen (secondary N) is 1. The number of carbonyl (C=O) groups excluding carboxylic acids is 1. The number of carboxylic acids is 1. The van der Waals surface area contributed by atoms with Gasteiger partial charge in [0.2, 0.25) is 0 Å². The van der Waals surface area contributed by atoms with E-state index in [1.807, 2.05) is 6.92 Å². The zero-order valence-corrected chi connectivity index (χ0v) is 12.1. The van der Waals surface area contributed by atoms with Crippen LogP contribution in [0.3, 0.4) is 0 Å². The van der Waals surface area contributed by atoms with Crippen LogP contribution in [0, 0.1) is 0 Å². The number of rotatable bonds is 5. The molecule has 0 spiro atoms. The van der Waals surface area contributed by atoms with Crippen molar-refractivity contribution in [2.45, 2.75) is 19.9 Å². The summed E-state index contributed by atoms with van der Waals surface area (Å²) in [4.78, 5) is 26.7. The van der Waals surface area contributed by atoms with Gasteiger partial charge in [-0.2, -0.15) is 0 Å². The number of carbonyl (C=O) groups is 2. The molecule has 0 unspecified atom stereocenters. The Morgan fingerprint density at radius 3 is 2.76 bits per heavy atom. The van der Waals surface area contributed by atoms with Crippen molar-refractivity contribution in [3.05, 3.63) is 47.0 Å². The molecule has 0 saturated carbocycles. The van der Waals surface area contributed by atoms with Gasteiger partial charge in [-0.15, -0.1) is 0 Å². The smallest absolute Gasteiger partial charge is 0.354 e. The molecule has 0 aliphatic carbocycles. The summed E-state index contributed by atoms with van der Waals surface area (Å²) >= 11 is 5.93. The molecule has 2 aromatic rings. The van der Waals surface area contributed by atoms with E-state index in [4.69, 9.17) is 16.7 Å². The number of carboxylic acid groups (broad SMARTS) is 1. The van der Waals surface area contributed by atoms with Crippen molar-refractivity contribution in [3.63, 3.8) is 0 Å². The first-order valence-corrected chi connectivity index (χ1v) is 6.75. The van der Waals surface area contributed by atoms with E-state index in [1.54, 1.807) is 16.8 Å². The lowest BCUT2D eigenvalue weighted by atomic mass is 10.3. The fraction of sp³-hybridized carbons (Fsp3) is 0.214. The van der Waals surface area contributed by atoms with E-state index in [2.05, 4.69) is 10.3 Å². The number of pyridine rings is 1. The molecular formula is C14H14ClN3O3. The van der Waals surface area contributed by atoms with Crippen LogP contribution in [0.15, 0.2) is 30.6 Å². The van der Waals surface area contributed by atoms with E-state index in [-0.39, 0.29) is 11.6 Å². The van der Waals surface area contributed by atoms with Gasteiger partial charge in [-0.05, 0) is 24.6 Å². The summed E-state index contributed by atoms with van der Waals surface area (Å²) in [5.74, 6) is -1.43. The largest absolute Gasteiger partial charge is 0.477 e. The molecule has 21 heavy (non-hydrogen) atoms. The standard InChI is InChI=1S/C14H14ClN3O3/c1-2-5-18-8-9(15)6-12(18)13(19)17-10-3-4-11(14(20)21)16-7-10/h3-4,6-8H,2,5H2,1H3,(H,17,19)(H,20,21). The third-order valence-electron chi connectivity index (χ3n) is 2.80.